The van der Waals surface area contributed by atoms with Crippen molar-refractivity contribution in [3.05, 3.63) is 53.8 Å². The molecule has 1 N–H and O–H groups in total. The molecule has 0 amide bonds. The lowest BCUT2D eigenvalue weighted by molar-refractivity contribution is -0.151. The van der Waals surface area contributed by atoms with Crippen molar-refractivity contribution >= 4 is 5.97 Å². The second-order valence-corrected chi connectivity index (χ2v) is 6.41. The lowest BCUT2D eigenvalue weighted by Gasteiger charge is -2.21. The standard InChI is InChI=1S/C18H21NO4/c1-11-6-8-13(9-7-11)14-10-15(23-19-14)16(20)12(2)17(21)22-18(3,4)5/h6-10,16,20H,2H2,1,3-5H3. The molecule has 122 valence electrons. The van der Waals surface area contributed by atoms with E-state index in [9.17, 15) is 9.90 Å². The van der Waals surface area contributed by atoms with Crippen molar-refractivity contribution in [1.82, 2.24) is 5.16 Å². The molecular weight excluding hydrogens is 294 g/mol. The van der Waals surface area contributed by atoms with Gasteiger partial charge in [0, 0.05) is 11.6 Å². The van der Waals surface area contributed by atoms with Gasteiger partial charge in [0.25, 0.3) is 0 Å². The van der Waals surface area contributed by atoms with Crippen molar-refractivity contribution in [1.29, 1.82) is 0 Å². The molecule has 0 aliphatic carbocycles. The lowest BCUT2D eigenvalue weighted by Crippen LogP contribution is -2.26. The molecule has 0 aliphatic rings. The topological polar surface area (TPSA) is 72.6 Å². The van der Waals surface area contributed by atoms with E-state index in [1.165, 1.54) is 0 Å². The highest BCUT2D eigenvalue weighted by atomic mass is 16.6. The fraction of sp³-hybridized carbons (Fsp3) is 0.333. The van der Waals surface area contributed by atoms with Crippen LogP contribution in [0.25, 0.3) is 11.3 Å². The van der Waals surface area contributed by atoms with Gasteiger partial charge in [-0.3, -0.25) is 0 Å². The SMILES string of the molecule is C=C(C(=O)OC(C)(C)C)C(O)c1cc(-c2ccc(C)cc2)no1. The summed E-state index contributed by atoms with van der Waals surface area (Å²) in [4.78, 5) is 11.9. The normalized spacial score (nSPS) is 12.7. The van der Waals surface area contributed by atoms with Gasteiger partial charge in [0.1, 0.15) is 17.4 Å². The van der Waals surface area contributed by atoms with Crippen LogP contribution >= 0.6 is 0 Å². The Morgan fingerprint density at radius 1 is 1.30 bits per heavy atom. The summed E-state index contributed by atoms with van der Waals surface area (Å²) < 4.78 is 10.3. The Hall–Kier alpha value is -2.40. The fourth-order valence-corrected chi connectivity index (χ4v) is 1.91. The second-order valence-electron chi connectivity index (χ2n) is 6.41. The Kier molecular flexibility index (Phi) is 4.71. The van der Waals surface area contributed by atoms with Gasteiger partial charge in [0.15, 0.2) is 5.76 Å². The Morgan fingerprint density at radius 3 is 2.48 bits per heavy atom. The van der Waals surface area contributed by atoms with E-state index in [2.05, 4.69) is 11.7 Å². The van der Waals surface area contributed by atoms with Crippen LogP contribution in [0, 0.1) is 6.92 Å². The van der Waals surface area contributed by atoms with E-state index >= 15 is 0 Å². The van der Waals surface area contributed by atoms with Crippen LogP contribution in [0.5, 0.6) is 0 Å². The van der Waals surface area contributed by atoms with Crippen LogP contribution < -0.4 is 0 Å². The number of rotatable bonds is 4. The highest BCUT2D eigenvalue weighted by molar-refractivity contribution is 5.89. The van der Waals surface area contributed by atoms with Gasteiger partial charge < -0.3 is 14.4 Å². The number of ether oxygens (including phenoxy) is 1. The molecular formula is C18H21NO4. The van der Waals surface area contributed by atoms with Gasteiger partial charge in [0.2, 0.25) is 0 Å². The number of aryl methyl sites for hydroxylation is 1. The van der Waals surface area contributed by atoms with Crippen LogP contribution in [0.4, 0.5) is 0 Å². The van der Waals surface area contributed by atoms with Crippen LogP contribution in [0.1, 0.15) is 38.2 Å². The zero-order valence-electron chi connectivity index (χ0n) is 13.8. The van der Waals surface area contributed by atoms with Crippen LogP contribution in [0.3, 0.4) is 0 Å². The van der Waals surface area contributed by atoms with Crippen molar-refractivity contribution in [2.24, 2.45) is 0 Å². The van der Waals surface area contributed by atoms with Gasteiger partial charge in [-0.2, -0.15) is 0 Å². The summed E-state index contributed by atoms with van der Waals surface area (Å²) in [7, 11) is 0. The highest BCUT2D eigenvalue weighted by Gasteiger charge is 2.27. The molecule has 0 radical (unpaired) electrons. The molecule has 0 bridgehead atoms. The van der Waals surface area contributed by atoms with Crippen molar-refractivity contribution in [3.8, 4) is 11.3 Å². The van der Waals surface area contributed by atoms with E-state index in [-0.39, 0.29) is 11.3 Å². The Bertz CT molecular complexity index is 707. The number of aliphatic hydroxyl groups is 1. The van der Waals surface area contributed by atoms with E-state index in [1.807, 2.05) is 31.2 Å². The van der Waals surface area contributed by atoms with Gasteiger partial charge in [-0.1, -0.05) is 41.6 Å². The quantitative estimate of drug-likeness (QED) is 0.689. The molecule has 1 aromatic carbocycles. The zero-order chi connectivity index (χ0) is 17.2. The average molecular weight is 315 g/mol. The number of hydrogen-bond acceptors (Lipinski definition) is 5. The number of carbonyl (C=O) groups is 1. The summed E-state index contributed by atoms with van der Waals surface area (Å²) >= 11 is 0. The molecule has 0 saturated carbocycles. The smallest absolute Gasteiger partial charge is 0.337 e. The molecule has 5 nitrogen and oxygen atoms in total. The molecule has 0 fully saturated rings. The van der Waals surface area contributed by atoms with Crippen LogP contribution in [-0.2, 0) is 9.53 Å². The minimum absolute atomic E-state index is 0.0912. The third-order valence-corrected chi connectivity index (χ3v) is 3.14. The van der Waals surface area contributed by atoms with E-state index in [0.29, 0.717) is 5.69 Å². The summed E-state index contributed by atoms with van der Waals surface area (Å²) in [5.41, 5.74) is 1.83. The third-order valence-electron chi connectivity index (χ3n) is 3.14. The first-order valence-corrected chi connectivity index (χ1v) is 7.31. The summed E-state index contributed by atoms with van der Waals surface area (Å²) in [6, 6.07) is 9.32. The van der Waals surface area contributed by atoms with Crippen molar-refractivity contribution in [3.63, 3.8) is 0 Å². The zero-order valence-corrected chi connectivity index (χ0v) is 13.8. The third kappa shape index (κ3) is 4.29. The first-order chi connectivity index (χ1) is 10.7. The molecule has 2 aromatic rings. The number of nitrogens with zero attached hydrogens (tertiary/aromatic N) is 1. The maximum Gasteiger partial charge on any atom is 0.337 e. The number of hydrogen-bond donors (Lipinski definition) is 1. The van der Waals surface area contributed by atoms with E-state index in [4.69, 9.17) is 9.26 Å². The molecule has 0 spiro atoms. The maximum atomic E-state index is 11.9. The predicted octanol–water partition coefficient (Wildman–Crippen LogP) is 3.58. The van der Waals surface area contributed by atoms with Gasteiger partial charge in [-0.15, -0.1) is 0 Å². The minimum atomic E-state index is -1.29. The molecule has 0 aliphatic heterocycles. The van der Waals surface area contributed by atoms with Crippen molar-refractivity contribution < 1.29 is 19.2 Å². The average Bonchev–Trinajstić information content (AvgIpc) is 2.94. The molecule has 5 heteroatoms. The predicted molar refractivity (Wildman–Crippen MR) is 86.6 cm³/mol. The Balaban J connectivity index is 2.14. The molecule has 1 unspecified atom stereocenters. The monoisotopic (exact) mass is 315 g/mol. The van der Waals surface area contributed by atoms with Crippen LogP contribution in [-0.4, -0.2) is 21.8 Å². The summed E-state index contributed by atoms with van der Waals surface area (Å²) in [6.07, 6.45) is -1.29. The first-order valence-electron chi connectivity index (χ1n) is 7.31. The molecule has 23 heavy (non-hydrogen) atoms. The summed E-state index contributed by atoms with van der Waals surface area (Å²) in [5, 5.41) is 14.2. The van der Waals surface area contributed by atoms with Crippen LogP contribution in [0.15, 0.2) is 47.0 Å². The van der Waals surface area contributed by atoms with Gasteiger partial charge in [-0.25, -0.2) is 4.79 Å². The number of carbonyl (C=O) groups excluding carboxylic acids is 1. The van der Waals surface area contributed by atoms with Crippen molar-refractivity contribution in [2.75, 3.05) is 0 Å². The van der Waals surface area contributed by atoms with E-state index < -0.39 is 17.7 Å². The fourth-order valence-electron chi connectivity index (χ4n) is 1.91. The first kappa shape index (κ1) is 17.0. The minimum Gasteiger partial charge on any atom is -0.457 e. The van der Waals surface area contributed by atoms with E-state index in [1.54, 1.807) is 26.8 Å². The Morgan fingerprint density at radius 2 is 1.91 bits per heavy atom. The molecule has 0 saturated heterocycles. The van der Waals surface area contributed by atoms with Crippen molar-refractivity contribution in [2.45, 2.75) is 39.4 Å². The largest absolute Gasteiger partial charge is 0.457 e. The highest BCUT2D eigenvalue weighted by Crippen LogP contribution is 2.27. The molecule has 2 rings (SSSR count). The summed E-state index contributed by atoms with van der Waals surface area (Å²) in [6.45, 7) is 10.8. The van der Waals surface area contributed by atoms with E-state index in [0.717, 1.165) is 11.1 Å². The van der Waals surface area contributed by atoms with Gasteiger partial charge in [0.05, 0.1) is 5.57 Å². The maximum absolute atomic E-state index is 11.9. The van der Waals surface area contributed by atoms with Crippen LogP contribution in [0.2, 0.25) is 0 Å². The molecule has 1 atom stereocenters. The lowest BCUT2D eigenvalue weighted by atomic mass is 10.1. The number of benzene rings is 1. The van der Waals surface area contributed by atoms with Gasteiger partial charge >= 0.3 is 5.97 Å². The van der Waals surface area contributed by atoms with Gasteiger partial charge in [-0.05, 0) is 27.7 Å². The Labute approximate surface area is 135 Å². The number of aromatic nitrogens is 1. The summed E-state index contributed by atoms with van der Waals surface area (Å²) in [5.74, 6) is -0.519. The molecule has 1 aromatic heterocycles. The number of aliphatic hydroxyl groups excluding tert-OH is 1. The molecule has 1 heterocycles. The number of esters is 1. The second kappa shape index (κ2) is 6.38.